The van der Waals surface area contributed by atoms with Gasteiger partial charge in [-0.2, -0.15) is 0 Å². The number of nitrogens with zero attached hydrogens (tertiary/aromatic N) is 1. The van der Waals surface area contributed by atoms with Gasteiger partial charge in [0.25, 0.3) is 0 Å². The number of morpholine rings is 1. The fourth-order valence-corrected chi connectivity index (χ4v) is 2.84. The highest BCUT2D eigenvalue weighted by Crippen LogP contribution is 2.22. The molecule has 1 saturated heterocycles. The van der Waals surface area contributed by atoms with Crippen LogP contribution in [0.25, 0.3) is 0 Å². The summed E-state index contributed by atoms with van der Waals surface area (Å²) in [7, 11) is 0. The molecular formula is C15H19BrFNO2. The van der Waals surface area contributed by atoms with Gasteiger partial charge >= 0.3 is 0 Å². The smallest absolute Gasteiger partial charge is 0.227 e. The van der Waals surface area contributed by atoms with Gasteiger partial charge in [-0.15, -0.1) is 0 Å². The lowest BCUT2D eigenvalue weighted by Gasteiger charge is -2.42. The van der Waals surface area contributed by atoms with Crippen LogP contribution in [0.15, 0.2) is 24.3 Å². The first-order valence-electron chi connectivity index (χ1n) is 6.65. The van der Waals surface area contributed by atoms with Gasteiger partial charge in [0.1, 0.15) is 5.82 Å². The molecule has 0 saturated carbocycles. The third kappa shape index (κ3) is 4.03. The van der Waals surface area contributed by atoms with E-state index in [1.54, 1.807) is 17.0 Å². The lowest BCUT2D eigenvalue weighted by Crippen LogP contribution is -2.55. The van der Waals surface area contributed by atoms with Crippen molar-refractivity contribution in [1.29, 1.82) is 0 Å². The summed E-state index contributed by atoms with van der Waals surface area (Å²) in [6.07, 6.45) is 0.221. The van der Waals surface area contributed by atoms with Crippen molar-refractivity contribution in [1.82, 2.24) is 4.90 Å². The fourth-order valence-electron chi connectivity index (χ4n) is 2.50. The molecule has 3 nitrogen and oxygen atoms in total. The Hall–Kier alpha value is -0.940. The highest BCUT2D eigenvalue weighted by molar-refractivity contribution is 9.09. The second kappa shape index (κ2) is 6.22. The van der Waals surface area contributed by atoms with Crippen molar-refractivity contribution < 1.29 is 13.9 Å². The van der Waals surface area contributed by atoms with Gasteiger partial charge in [-0.1, -0.05) is 28.1 Å². The molecule has 20 heavy (non-hydrogen) atoms. The second-order valence-corrected chi connectivity index (χ2v) is 6.38. The van der Waals surface area contributed by atoms with Gasteiger partial charge in [-0.25, -0.2) is 4.39 Å². The minimum Gasteiger partial charge on any atom is -0.368 e. The largest absolute Gasteiger partial charge is 0.368 e. The van der Waals surface area contributed by atoms with Crippen LogP contribution in [-0.2, 0) is 16.0 Å². The van der Waals surface area contributed by atoms with Crippen molar-refractivity contribution in [2.24, 2.45) is 0 Å². The molecule has 0 radical (unpaired) electrons. The first-order valence-corrected chi connectivity index (χ1v) is 7.78. The molecule has 5 heteroatoms. The van der Waals surface area contributed by atoms with Crippen molar-refractivity contribution in [3.05, 3.63) is 35.6 Å². The van der Waals surface area contributed by atoms with Crippen molar-refractivity contribution in [2.45, 2.75) is 32.0 Å². The molecule has 1 amide bonds. The average Bonchev–Trinajstić information content (AvgIpc) is 2.36. The van der Waals surface area contributed by atoms with Crippen LogP contribution in [0.1, 0.15) is 19.4 Å². The number of amides is 1. The topological polar surface area (TPSA) is 29.5 Å². The maximum absolute atomic E-state index is 13.1. The summed E-state index contributed by atoms with van der Waals surface area (Å²) in [5.41, 5.74) is 0.351. The Morgan fingerprint density at radius 1 is 1.55 bits per heavy atom. The van der Waals surface area contributed by atoms with E-state index in [1.165, 1.54) is 12.1 Å². The molecule has 1 aliphatic rings. The molecule has 0 bridgehead atoms. The van der Waals surface area contributed by atoms with Crippen LogP contribution >= 0.6 is 15.9 Å². The van der Waals surface area contributed by atoms with Gasteiger partial charge in [-0.05, 0) is 31.5 Å². The first-order chi connectivity index (χ1) is 9.39. The normalized spacial score (nSPS) is 21.8. The number of ether oxygens (including phenoxy) is 1. The highest BCUT2D eigenvalue weighted by Gasteiger charge is 2.34. The Balaban J connectivity index is 2.04. The highest BCUT2D eigenvalue weighted by atomic mass is 79.9. The van der Waals surface area contributed by atoms with Crippen LogP contribution in [0, 0.1) is 5.82 Å². The molecule has 110 valence electrons. The summed E-state index contributed by atoms with van der Waals surface area (Å²) < 4.78 is 19.0. The molecule has 1 atom stereocenters. The van der Waals surface area contributed by atoms with E-state index in [1.807, 2.05) is 13.8 Å². The minimum absolute atomic E-state index is 0.00444. The van der Waals surface area contributed by atoms with E-state index in [-0.39, 0.29) is 29.9 Å². The van der Waals surface area contributed by atoms with Crippen molar-refractivity contribution in [2.75, 3.05) is 18.4 Å². The van der Waals surface area contributed by atoms with Gasteiger partial charge in [-0.3, -0.25) is 4.79 Å². The minimum atomic E-state index is -0.353. The van der Waals surface area contributed by atoms with Crippen LogP contribution in [0.5, 0.6) is 0 Å². The molecule has 0 aromatic heterocycles. The van der Waals surface area contributed by atoms with E-state index in [2.05, 4.69) is 15.9 Å². The van der Waals surface area contributed by atoms with Gasteiger partial charge in [0.15, 0.2) is 0 Å². The Kier molecular flexibility index (Phi) is 4.81. The maximum atomic E-state index is 13.1. The molecule has 1 unspecified atom stereocenters. The summed E-state index contributed by atoms with van der Waals surface area (Å²) >= 11 is 3.40. The third-order valence-corrected chi connectivity index (χ3v) is 3.97. The molecule has 1 aromatic carbocycles. The Morgan fingerprint density at radius 2 is 2.30 bits per heavy atom. The lowest BCUT2D eigenvalue weighted by atomic mass is 10.0. The predicted molar refractivity (Wildman–Crippen MR) is 79.4 cm³/mol. The summed E-state index contributed by atoms with van der Waals surface area (Å²) in [6, 6.07) is 6.19. The predicted octanol–water partition coefficient (Wildman–Crippen LogP) is 2.77. The van der Waals surface area contributed by atoms with Gasteiger partial charge in [0.2, 0.25) is 5.91 Å². The Bertz CT molecular complexity index is 493. The van der Waals surface area contributed by atoms with Crippen LogP contribution < -0.4 is 0 Å². The Labute approximate surface area is 127 Å². The number of carbonyl (C=O) groups is 1. The number of halogens is 2. The van der Waals surface area contributed by atoms with E-state index < -0.39 is 0 Å². The molecule has 1 aliphatic heterocycles. The first kappa shape index (κ1) is 15.4. The van der Waals surface area contributed by atoms with E-state index in [0.717, 1.165) is 0 Å². The van der Waals surface area contributed by atoms with E-state index in [0.29, 0.717) is 24.0 Å². The molecular weight excluding hydrogens is 325 g/mol. The lowest BCUT2D eigenvalue weighted by molar-refractivity contribution is -0.156. The number of rotatable bonds is 3. The molecule has 0 N–H and O–H groups in total. The second-order valence-electron chi connectivity index (χ2n) is 5.73. The van der Waals surface area contributed by atoms with Crippen molar-refractivity contribution in [3.63, 3.8) is 0 Å². The quantitative estimate of drug-likeness (QED) is 0.790. The number of benzene rings is 1. The number of carbonyl (C=O) groups excluding carboxylic acids is 1. The van der Waals surface area contributed by atoms with Gasteiger partial charge < -0.3 is 9.64 Å². The fraction of sp³-hybridized carbons (Fsp3) is 0.533. The monoisotopic (exact) mass is 343 g/mol. The number of hydrogen-bond acceptors (Lipinski definition) is 2. The molecule has 1 heterocycles. The Morgan fingerprint density at radius 3 is 2.95 bits per heavy atom. The van der Waals surface area contributed by atoms with Gasteiger partial charge in [0.05, 0.1) is 18.1 Å². The zero-order chi connectivity index (χ0) is 14.8. The standard InChI is InChI=1S/C15H19BrFNO2/c1-15(2)10-18(9-13(8-16)20-15)14(19)7-11-4-3-5-12(17)6-11/h3-6,13H,7-10H2,1-2H3. The van der Waals surface area contributed by atoms with Crippen molar-refractivity contribution >= 4 is 21.8 Å². The zero-order valence-electron chi connectivity index (χ0n) is 11.7. The van der Waals surface area contributed by atoms with E-state index in [9.17, 15) is 9.18 Å². The molecule has 1 aromatic rings. The van der Waals surface area contributed by atoms with E-state index in [4.69, 9.17) is 4.74 Å². The molecule has 2 rings (SSSR count). The SMILES string of the molecule is CC1(C)CN(C(=O)Cc2cccc(F)c2)CC(CBr)O1. The summed E-state index contributed by atoms with van der Waals surface area (Å²) in [4.78, 5) is 14.2. The summed E-state index contributed by atoms with van der Waals surface area (Å²) in [5.74, 6) is -0.297. The molecule has 0 spiro atoms. The molecule has 1 fully saturated rings. The average molecular weight is 344 g/mol. The van der Waals surface area contributed by atoms with Crippen molar-refractivity contribution in [3.8, 4) is 0 Å². The third-order valence-electron chi connectivity index (χ3n) is 3.25. The van der Waals surface area contributed by atoms with Crippen LogP contribution in [0.3, 0.4) is 0 Å². The summed E-state index contributed by atoms with van der Waals surface area (Å²) in [5, 5.41) is 0.695. The van der Waals surface area contributed by atoms with Crippen LogP contribution in [0.2, 0.25) is 0 Å². The van der Waals surface area contributed by atoms with E-state index >= 15 is 0 Å². The number of hydrogen-bond donors (Lipinski definition) is 0. The number of alkyl halides is 1. The zero-order valence-corrected chi connectivity index (χ0v) is 13.3. The van der Waals surface area contributed by atoms with Crippen LogP contribution in [0.4, 0.5) is 4.39 Å². The molecule has 0 aliphatic carbocycles. The van der Waals surface area contributed by atoms with Crippen LogP contribution in [-0.4, -0.2) is 40.9 Å². The maximum Gasteiger partial charge on any atom is 0.227 e. The summed E-state index contributed by atoms with van der Waals surface area (Å²) in [6.45, 7) is 5.09. The van der Waals surface area contributed by atoms with Gasteiger partial charge in [0, 0.05) is 18.4 Å².